The molecule has 168 valence electrons. The highest BCUT2D eigenvalue weighted by Crippen LogP contribution is 2.18. The fraction of sp³-hybridized carbons (Fsp3) is 0.462. The van der Waals surface area contributed by atoms with Crippen LogP contribution in [0.15, 0.2) is 42.5 Å². The lowest BCUT2D eigenvalue weighted by Crippen LogP contribution is -2.50. The van der Waals surface area contributed by atoms with Gasteiger partial charge in [-0.05, 0) is 61.9 Å². The molecule has 0 saturated carbocycles. The molecule has 0 aliphatic heterocycles. The molecule has 0 radical (unpaired) electrons. The van der Waals surface area contributed by atoms with Gasteiger partial charge in [0, 0.05) is 13.1 Å². The molecule has 5 nitrogen and oxygen atoms in total. The van der Waals surface area contributed by atoms with Gasteiger partial charge in [0.1, 0.15) is 11.8 Å². The van der Waals surface area contributed by atoms with Gasteiger partial charge in [-0.2, -0.15) is 0 Å². The first-order valence-electron chi connectivity index (χ1n) is 11.0. The van der Waals surface area contributed by atoms with E-state index in [1.807, 2.05) is 84.0 Å². The first-order valence-corrected chi connectivity index (χ1v) is 11.0. The number of ether oxygens (including phenoxy) is 1. The van der Waals surface area contributed by atoms with Gasteiger partial charge in [0.15, 0.2) is 6.61 Å². The number of amides is 2. The number of carbonyl (C=O) groups is 2. The van der Waals surface area contributed by atoms with E-state index in [-0.39, 0.29) is 18.4 Å². The minimum absolute atomic E-state index is 0.109. The molecule has 2 rings (SSSR count). The Kier molecular flexibility index (Phi) is 9.10. The number of rotatable bonds is 10. The summed E-state index contributed by atoms with van der Waals surface area (Å²) in [5.74, 6) is 0.675. The van der Waals surface area contributed by atoms with E-state index in [1.165, 1.54) is 5.56 Å². The summed E-state index contributed by atoms with van der Waals surface area (Å²) < 4.78 is 5.80. The van der Waals surface area contributed by atoms with Crippen molar-refractivity contribution in [2.24, 2.45) is 5.92 Å². The van der Waals surface area contributed by atoms with E-state index in [1.54, 1.807) is 4.90 Å². The number of carbonyl (C=O) groups excluding carboxylic acids is 2. The number of hydrogen-bond acceptors (Lipinski definition) is 3. The smallest absolute Gasteiger partial charge is 0.261 e. The Morgan fingerprint density at radius 3 is 2.39 bits per heavy atom. The second-order valence-electron chi connectivity index (χ2n) is 8.61. The lowest BCUT2D eigenvalue weighted by molar-refractivity contribution is -0.143. The fourth-order valence-corrected chi connectivity index (χ4v) is 3.38. The zero-order valence-electron chi connectivity index (χ0n) is 19.7. The molecule has 0 fully saturated rings. The van der Waals surface area contributed by atoms with Crippen molar-refractivity contribution < 1.29 is 14.3 Å². The van der Waals surface area contributed by atoms with Gasteiger partial charge >= 0.3 is 0 Å². The van der Waals surface area contributed by atoms with Crippen LogP contribution in [0.1, 0.15) is 49.4 Å². The fourth-order valence-electron chi connectivity index (χ4n) is 3.38. The maximum absolute atomic E-state index is 13.2. The van der Waals surface area contributed by atoms with Crippen molar-refractivity contribution in [2.75, 3.05) is 13.2 Å². The first-order chi connectivity index (χ1) is 14.7. The average molecular weight is 425 g/mol. The predicted octanol–water partition coefficient (Wildman–Crippen LogP) is 4.57. The summed E-state index contributed by atoms with van der Waals surface area (Å²) in [6.45, 7) is 12.9. The third-order valence-electron chi connectivity index (χ3n) is 5.35. The monoisotopic (exact) mass is 424 g/mol. The normalized spacial score (nSPS) is 11.8. The van der Waals surface area contributed by atoms with Crippen LogP contribution in [-0.2, 0) is 16.1 Å². The maximum Gasteiger partial charge on any atom is 0.261 e. The molecule has 0 heterocycles. The molecule has 0 unspecified atom stereocenters. The van der Waals surface area contributed by atoms with E-state index in [0.29, 0.717) is 31.2 Å². The topological polar surface area (TPSA) is 58.6 Å². The van der Waals surface area contributed by atoms with Crippen molar-refractivity contribution in [3.8, 4) is 5.75 Å². The van der Waals surface area contributed by atoms with Crippen molar-refractivity contribution >= 4 is 11.8 Å². The SMILES string of the molecule is CC[C@@H](C(=O)NCC(C)C)N(Cc1cccc(C)c1)C(=O)COc1ccc(C)c(C)c1. The van der Waals surface area contributed by atoms with E-state index in [0.717, 1.165) is 16.7 Å². The highest BCUT2D eigenvalue weighted by Gasteiger charge is 2.29. The summed E-state index contributed by atoms with van der Waals surface area (Å²) in [6.07, 6.45) is 0.533. The Balaban J connectivity index is 2.20. The van der Waals surface area contributed by atoms with Gasteiger partial charge in [0.2, 0.25) is 5.91 Å². The molecule has 1 N–H and O–H groups in total. The van der Waals surface area contributed by atoms with Crippen LogP contribution < -0.4 is 10.1 Å². The molecular weight excluding hydrogens is 388 g/mol. The predicted molar refractivity (Wildman–Crippen MR) is 125 cm³/mol. The molecule has 2 aromatic rings. The Hall–Kier alpha value is -2.82. The van der Waals surface area contributed by atoms with E-state index in [4.69, 9.17) is 4.74 Å². The van der Waals surface area contributed by atoms with Crippen molar-refractivity contribution in [2.45, 2.75) is 60.5 Å². The second-order valence-corrected chi connectivity index (χ2v) is 8.61. The second kappa shape index (κ2) is 11.5. The molecule has 0 spiro atoms. The average Bonchev–Trinajstić information content (AvgIpc) is 2.72. The van der Waals surface area contributed by atoms with Gasteiger partial charge in [-0.25, -0.2) is 0 Å². The summed E-state index contributed by atoms with van der Waals surface area (Å²) in [7, 11) is 0. The van der Waals surface area contributed by atoms with Crippen LogP contribution in [0.5, 0.6) is 5.75 Å². The molecular formula is C26H36N2O3. The Morgan fingerprint density at radius 2 is 1.77 bits per heavy atom. The number of nitrogens with zero attached hydrogens (tertiary/aromatic N) is 1. The first kappa shape index (κ1) is 24.4. The molecule has 2 amide bonds. The zero-order chi connectivity index (χ0) is 23.0. The van der Waals surface area contributed by atoms with Crippen molar-refractivity contribution in [3.05, 3.63) is 64.7 Å². The molecule has 0 saturated heterocycles. The minimum atomic E-state index is -0.546. The highest BCUT2D eigenvalue weighted by molar-refractivity contribution is 5.88. The third kappa shape index (κ3) is 7.42. The Morgan fingerprint density at radius 1 is 1.03 bits per heavy atom. The number of hydrogen-bond donors (Lipinski definition) is 1. The van der Waals surface area contributed by atoms with Gasteiger partial charge in [-0.1, -0.05) is 56.7 Å². The standard InChI is InChI=1S/C26H36N2O3/c1-7-24(26(30)27-15-18(2)3)28(16-22-10-8-9-19(4)13-22)25(29)17-31-23-12-11-20(5)21(6)14-23/h8-14,18,24H,7,15-17H2,1-6H3,(H,27,30)/t24-/m0/s1. The van der Waals surface area contributed by atoms with Crippen LogP contribution >= 0.6 is 0 Å². The lowest BCUT2D eigenvalue weighted by Gasteiger charge is -2.31. The molecule has 2 aromatic carbocycles. The van der Waals surface area contributed by atoms with Gasteiger partial charge in [0.25, 0.3) is 5.91 Å². The molecule has 0 aliphatic rings. The summed E-state index contributed by atoms with van der Waals surface area (Å²) in [5.41, 5.74) is 4.40. The van der Waals surface area contributed by atoms with E-state index >= 15 is 0 Å². The van der Waals surface area contributed by atoms with E-state index in [2.05, 4.69) is 5.32 Å². The minimum Gasteiger partial charge on any atom is -0.484 e. The van der Waals surface area contributed by atoms with Crippen LogP contribution in [0.4, 0.5) is 0 Å². The summed E-state index contributed by atoms with van der Waals surface area (Å²) >= 11 is 0. The van der Waals surface area contributed by atoms with Crippen LogP contribution in [-0.4, -0.2) is 35.9 Å². The number of benzene rings is 2. The third-order valence-corrected chi connectivity index (χ3v) is 5.35. The molecule has 1 atom stereocenters. The molecule has 31 heavy (non-hydrogen) atoms. The lowest BCUT2D eigenvalue weighted by atomic mass is 10.1. The van der Waals surface area contributed by atoms with Crippen molar-refractivity contribution in [3.63, 3.8) is 0 Å². The molecule has 5 heteroatoms. The maximum atomic E-state index is 13.2. The van der Waals surface area contributed by atoms with Crippen LogP contribution in [0.2, 0.25) is 0 Å². The Labute approximate surface area is 186 Å². The van der Waals surface area contributed by atoms with E-state index < -0.39 is 6.04 Å². The van der Waals surface area contributed by atoms with Crippen LogP contribution in [0.25, 0.3) is 0 Å². The van der Waals surface area contributed by atoms with Gasteiger partial charge < -0.3 is 15.0 Å². The zero-order valence-corrected chi connectivity index (χ0v) is 19.7. The molecule has 0 bridgehead atoms. The highest BCUT2D eigenvalue weighted by atomic mass is 16.5. The summed E-state index contributed by atoms with van der Waals surface area (Å²) in [5, 5.41) is 2.98. The number of nitrogens with one attached hydrogen (secondary N) is 1. The van der Waals surface area contributed by atoms with Gasteiger partial charge in [-0.15, -0.1) is 0 Å². The van der Waals surface area contributed by atoms with Gasteiger partial charge in [0.05, 0.1) is 0 Å². The van der Waals surface area contributed by atoms with Gasteiger partial charge in [-0.3, -0.25) is 9.59 Å². The summed E-state index contributed by atoms with van der Waals surface area (Å²) in [6, 6.07) is 13.2. The molecule has 0 aliphatic carbocycles. The van der Waals surface area contributed by atoms with Crippen molar-refractivity contribution in [1.82, 2.24) is 10.2 Å². The summed E-state index contributed by atoms with van der Waals surface area (Å²) in [4.78, 5) is 27.8. The number of aryl methyl sites for hydroxylation is 3. The van der Waals surface area contributed by atoms with Crippen LogP contribution in [0.3, 0.4) is 0 Å². The van der Waals surface area contributed by atoms with E-state index in [9.17, 15) is 9.59 Å². The Bertz CT molecular complexity index is 892. The largest absolute Gasteiger partial charge is 0.484 e. The van der Waals surface area contributed by atoms with Crippen LogP contribution in [0, 0.1) is 26.7 Å². The quantitative estimate of drug-likeness (QED) is 0.608. The van der Waals surface area contributed by atoms with Crippen molar-refractivity contribution in [1.29, 1.82) is 0 Å². The molecule has 0 aromatic heterocycles.